The van der Waals surface area contributed by atoms with E-state index in [1.165, 1.54) is 23.8 Å². The predicted molar refractivity (Wildman–Crippen MR) is 79.3 cm³/mol. The molecule has 10 nitrogen and oxygen atoms in total. The van der Waals surface area contributed by atoms with E-state index in [1.54, 1.807) is 12.1 Å². The molecular formula is C12H15N5O5S. The Morgan fingerprint density at radius 3 is 2.65 bits per heavy atom. The van der Waals surface area contributed by atoms with Crippen LogP contribution in [0.15, 0.2) is 29.4 Å². The Morgan fingerprint density at radius 1 is 1.30 bits per heavy atom. The molecule has 0 aliphatic rings. The van der Waals surface area contributed by atoms with Crippen LogP contribution in [0.2, 0.25) is 0 Å². The van der Waals surface area contributed by atoms with Gasteiger partial charge in [0.05, 0.1) is 12.6 Å². The van der Waals surface area contributed by atoms with Gasteiger partial charge in [-0.3, -0.25) is 9.20 Å². The van der Waals surface area contributed by atoms with Gasteiger partial charge in [-0.15, -0.1) is 0 Å². The van der Waals surface area contributed by atoms with Gasteiger partial charge in [-0.05, 0) is 12.1 Å². The Morgan fingerprint density at radius 2 is 2.00 bits per heavy atom. The molecule has 0 atom stereocenters. The lowest BCUT2D eigenvalue weighted by Crippen LogP contribution is -2.35. The lowest BCUT2D eigenvalue weighted by atomic mass is 10.4. The number of pyridine rings is 1. The molecule has 0 radical (unpaired) electrons. The molecule has 2 rings (SSSR count). The molecule has 124 valence electrons. The number of nitrogens with zero attached hydrogens (tertiary/aromatic N) is 2. The summed E-state index contributed by atoms with van der Waals surface area (Å²) in [6.45, 7) is 0.254. The molecule has 23 heavy (non-hydrogen) atoms. The van der Waals surface area contributed by atoms with Crippen LogP contribution in [0.3, 0.4) is 0 Å². The maximum absolute atomic E-state index is 12.1. The smallest absolute Gasteiger partial charge is 0.406 e. The van der Waals surface area contributed by atoms with Crippen molar-refractivity contribution in [1.29, 1.82) is 0 Å². The van der Waals surface area contributed by atoms with E-state index in [4.69, 9.17) is 5.14 Å². The number of hydrogen-bond acceptors (Lipinski definition) is 6. The molecular weight excluding hydrogens is 326 g/mol. The highest BCUT2D eigenvalue weighted by atomic mass is 32.2. The molecule has 2 aromatic rings. The van der Waals surface area contributed by atoms with Crippen LogP contribution in [0.5, 0.6) is 0 Å². The van der Waals surface area contributed by atoms with Gasteiger partial charge in [0, 0.05) is 19.3 Å². The summed E-state index contributed by atoms with van der Waals surface area (Å²) in [5.41, 5.74) is 0.202. The lowest BCUT2D eigenvalue weighted by Gasteiger charge is -2.05. The number of amides is 2. The first kappa shape index (κ1) is 16.7. The summed E-state index contributed by atoms with van der Waals surface area (Å²) in [7, 11) is -2.85. The number of nitrogens with one attached hydrogen (secondary N) is 2. The Bertz CT molecular complexity index is 845. The van der Waals surface area contributed by atoms with Gasteiger partial charge in [-0.1, -0.05) is 6.07 Å². The number of rotatable bonds is 5. The van der Waals surface area contributed by atoms with E-state index in [0.29, 0.717) is 0 Å². The number of aromatic nitrogens is 2. The van der Waals surface area contributed by atoms with E-state index in [0.717, 1.165) is 0 Å². The highest BCUT2D eigenvalue weighted by Crippen LogP contribution is 2.16. The quantitative estimate of drug-likeness (QED) is 0.599. The van der Waals surface area contributed by atoms with E-state index in [-0.39, 0.29) is 29.5 Å². The van der Waals surface area contributed by atoms with Crippen molar-refractivity contribution in [3.05, 3.63) is 30.2 Å². The minimum atomic E-state index is -4.07. The van der Waals surface area contributed by atoms with Crippen LogP contribution in [-0.4, -0.2) is 50.0 Å². The topological polar surface area (TPSA) is 145 Å². The Kier molecular flexibility index (Phi) is 4.81. The summed E-state index contributed by atoms with van der Waals surface area (Å²) in [6.07, 6.45) is 0.876. The monoisotopic (exact) mass is 341 g/mol. The van der Waals surface area contributed by atoms with Crippen LogP contribution in [-0.2, 0) is 14.8 Å². The fourth-order valence-corrected chi connectivity index (χ4v) is 2.54. The zero-order valence-electron chi connectivity index (χ0n) is 12.1. The molecule has 2 aromatic heterocycles. The third-order valence-electron chi connectivity index (χ3n) is 2.85. The van der Waals surface area contributed by atoms with Crippen LogP contribution in [0.1, 0.15) is 10.6 Å². The molecule has 4 N–H and O–H groups in total. The third-order valence-corrected chi connectivity index (χ3v) is 3.69. The van der Waals surface area contributed by atoms with Crippen LogP contribution in [0.25, 0.3) is 5.52 Å². The Labute approximate surface area is 131 Å². The average Bonchev–Trinajstić information content (AvgIpc) is 2.91. The number of fused-ring (bicyclic) bond motifs is 1. The highest BCUT2D eigenvalue weighted by Gasteiger charge is 2.22. The molecule has 0 aromatic carbocycles. The summed E-state index contributed by atoms with van der Waals surface area (Å²) in [6, 6.07) is 4.72. The lowest BCUT2D eigenvalue weighted by molar-refractivity contribution is 0.0941. The zero-order chi connectivity index (χ0) is 17.0. The first-order valence-corrected chi connectivity index (χ1v) is 7.99. The zero-order valence-corrected chi connectivity index (χ0v) is 13.0. The molecule has 11 heteroatoms. The molecule has 2 heterocycles. The Balaban J connectivity index is 2.20. The van der Waals surface area contributed by atoms with Gasteiger partial charge < -0.3 is 15.4 Å². The molecule has 0 saturated heterocycles. The van der Waals surface area contributed by atoms with E-state index < -0.39 is 22.0 Å². The summed E-state index contributed by atoms with van der Waals surface area (Å²) >= 11 is 0. The first-order valence-electron chi connectivity index (χ1n) is 6.44. The second-order valence-electron chi connectivity index (χ2n) is 4.42. The van der Waals surface area contributed by atoms with Crippen molar-refractivity contribution >= 4 is 27.5 Å². The average molecular weight is 341 g/mol. The number of hydrogen-bond donors (Lipinski definition) is 3. The molecule has 0 saturated carbocycles. The van der Waals surface area contributed by atoms with E-state index in [1.807, 2.05) is 0 Å². The van der Waals surface area contributed by atoms with Gasteiger partial charge in [-0.2, -0.15) is 0 Å². The number of imidazole rings is 1. The molecule has 2 amide bonds. The van der Waals surface area contributed by atoms with Crippen LogP contribution in [0.4, 0.5) is 4.79 Å². The number of alkyl carbamates (subject to hydrolysis) is 1. The first-order chi connectivity index (χ1) is 10.8. The van der Waals surface area contributed by atoms with Gasteiger partial charge in [-0.25, -0.2) is 23.3 Å². The van der Waals surface area contributed by atoms with E-state index >= 15 is 0 Å². The van der Waals surface area contributed by atoms with Gasteiger partial charge >= 0.3 is 6.09 Å². The van der Waals surface area contributed by atoms with Crippen LogP contribution >= 0.6 is 0 Å². The summed E-state index contributed by atoms with van der Waals surface area (Å²) in [5, 5.41) is 9.63. The Hall–Kier alpha value is -2.66. The number of carbonyl (C=O) groups is 2. The summed E-state index contributed by atoms with van der Waals surface area (Å²) in [4.78, 5) is 26.8. The molecule has 0 fully saturated rings. The van der Waals surface area contributed by atoms with Gasteiger partial charge in [0.2, 0.25) is 5.82 Å². The van der Waals surface area contributed by atoms with Crippen LogP contribution < -0.4 is 15.8 Å². The third kappa shape index (κ3) is 3.76. The minimum Gasteiger partial charge on any atom is -0.453 e. The van der Waals surface area contributed by atoms with Gasteiger partial charge in [0.25, 0.3) is 15.9 Å². The van der Waals surface area contributed by atoms with Crippen LogP contribution in [0, 0.1) is 0 Å². The van der Waals surface area contributed by atoms with Crippen molar-refractivity contribution < 1.29 is 22.7 Å². The maximum Gasteiger partial charge on any atom is 0.406 e. The number of primary sulfonamides is 1. The normalized spacial score (nSPS) is 11.2. The molecule has 0 aliphatic carbocycles. The number of ether oxygens (including phenoxy) is 1. The van der Waals surface area contributed by atoms with Crippen molar-refractivity contribution in [2.45, 2.75) is 5.03 Å². The largest absolute Gasteiger partial charge is 0.453 e. The second-order valence-corrected chi connectivity index (χ2v) is 5.89. The van der Waals surface area contributed by atoms with E-state index in [2.05, 4.69) is 20.4 Å². The van der Waals surface area contributed by atoms with E-state index in [9.17, 15) is 18.0 Å². The van der Waals surface area contributed by atoms with Crippen molar-refractivity contribution in [1.82, 2.24) is 20.0 Å². The number of sulfonamides is 1. The number of carbonyl (C=O) groups excluding carboxylic acids is 2. The number of nitrogens with two attached hydrogens (primary N) is 1. The fraction of sp³-hybridized carbons (Fsp3) is 0.250. The predicted octanol–water partition coefficient (Wildman–Crippen LogP) is -0.932. The summed E-state index contributed by atoms with van der Waals surface area (Å²) in [5.74, 6) is -0.726. The molecule has 0 unspecified atom stereocenters. The highest BCUT2D eigenvalue weighted by molar-refractivity contribution is 7.89. The standard InChI is InChI=1S/C12H15N5O5S/c1-22-12(19)15-6-5-14-10(18)9-16-11(23(13,20)21)8-4-2-3-7-17(8)9/h2-4,7H,5-6H2,1H3,(H,14,18)(H,15,19)(H2,13,20,21). The summed E-state index contributed by atoms with van der Waals surface area (Å²) < 4.78 is 28.8. The SMILES string of the molecule is COC(=O)NCCNC(=O)c1nc(S(N)(=O)=O)c2ccccn12. The molecule has 0 aliphatic heterocycles. The van der Waals surface area contributed by atoms with Crippen molar-refractivity contribution in [2.75, 3.05) is 20.2 Å². The maximum atomic E-state index is 12.1. The minimum absolute atomic E-state index is 0.111. The number of methoxy groups -OCH3 is 1. The molecule has 0 bridgehead atoms. The fourth-order valence-electron chi connectivity index (χ4n) is 1.87. The van der Waals surface area contributed by atoms with Crippen molar-refractivity contribution in [3.63, 3.8) is 0 Å². The van der Waals surface area contributed by atoms with Gasteiger partial charge in [0.15, 0.2) is 5.03 Å². The van der Waals surface area contributed by atoms with Crippen molar-refractivity contribution in [2.24, 2.45) is 5.14 Å². The van der Waals surface area contributed by atoms with Gasteiger partial charge in [0.1, 0.15) is 0 Å². The van der Waals surface area contributed by atoms with Crippen molar-refractivity contribution in [3.8, 4) is 0 Å². The second kappa shape index (κ2) is 6.62. The molecule has 0 spiro atoms.